The summed E-state index contributed by atoms with van der Waals surface area (Å²) in [5.41, 5.74) is 1.48. The van der Waals surface area contributed by atoms with E-state index in [4.69, 9.17) is 4.74 Å². The van der Waals surface area contributed by atoms with Crippen LogP contribution in [0.2, 0.25) is 0 Å². The standard InChI is InChI=1S/C15H21NOS/c1-2-7-15-13(6-1)14(11-18-15)16-9-8-12-5-3-4-10-17-12/h1-2,6-7,12,14,16H,3-5,8-11H2. The lowest BCUT2D eigenvalue weighted by Gasteiger charge is -2.23. The van der Waals surface area contributed by atoms with E-state index >= 15 is 0 Å². The van der Waals surface area contributed by atoms with Crippen molar-refractivity contribution in [3.05, 3.63) is 29.8 Å². The fourth-order valence-electron chi connectivity index (χ4n) is 2.79. The first-order valence-corrected chi connectivity index (χ1v) is 7.99. The molecule has 0 radical (unpaired) electrons. The zero-order chi connectivity index (χ0) is 12.2. The molecule has 3 heteroatoms. The SMILES string of the molecule is c1ccc2c(c1)SCC2NCCC1CCCCO1. The Kier molecular flexibility index (Phi) is 4.24. The second-order valence-electron chi connectivity index (χ2n) is 5.13. The Labute approximate surface area is 113 Å². The molecule has 1 aromatic rings. The third kappa shape index (κ3) is 2.90. The van der Waals surface area contributed by atoms with E-state index in [0.717, 1.165) is 19.6 Å². The first kappa shape index (κ1) is 12.5. The molecule has 0 spiro atoms. The largest absolute Gasteiger partial charge is 0.378 e. The Hall–Kier alpha value is -0.510. The van der Waals surface area contributed by atoms with Gasteiger partial charge in [0.05, 0.1) is 6.10 Å². The number of nitrogens with one attached hydrogen (secondary N) is 1. The zero-order valence-corrected chi connectivity index (χ0v) is 11.5. The van der Waals surface area contributed by atoms with Crippen LogP contribution in [-0.2, 0) is 4.74 Å². The maximum Gasteiger partial charge on any atom is 0.0587 e. The number of benzene rings is 1. The van der Waals surface area contributed by atoms with E-state index in [1.54, 1.807) is 0 Å². The highest BCUT2D eigenvalue weighted by Crippen LogP contribution is 2.37. The van der Waals surface area contributed by atoms with Gasteiger partial charge in [0.25, 0.3) is 0 Å². The molecule has 0 aliphatic carbocycles. The molecule has 2 nitrogen and oxygen atoms in total. The first-order chi connectivity index (χ1) is 8.93. The summed E-state index contributed by atoms with van der Waals surface area (Å²) < 4.78 is 5.77. The summed E-state index contributed by atoms with van der Waals surface area (Å²) >= 11 is 1.97. The van der Waals surface area contributed by atoms with Gasteiger partial charge < -0.3 is 10.1 Å². The maximum atomic E-state index is 5.77. The average Bonchev–Trinajstić information content (AvgIpc) is 2.84. The molecule has 2 aliphatic heterocycles. The molecule has 0 bridgehead atoms. The van der Waals surface area contributed by atoms with Crippen LogP contribution in [0, 0.1) is 0 Å². The van der Waals surface area contributed by atoms with Gasteiger partial charge in [0.15, 0.2) is 0 Å². The van der Waals surface area contributed by atoms with Gasteiger partial charge in [-0.3, -0.25) is 0 Å². The Balaban J connectivity index is 1.47. The smallest absolute Gasteiger partial charge is 0.0587 e. The molecule has 1 aromatic carbocycles. The third-order valence-electron chi connectivity index (χ3n) is 3.83. The number of hydrogen-bond acceptors (Lipinski definition) is 3. The van der Waals surface area contributed by atoms with Gasteiger partial charge in [-0.15, -0.1) is 11.8 Å². The van der Waals surface area contributed by atoms with Crippen LogP contribution < -0.4 is 5.32 Å². The molecular formula is C15H21NOS. The molecule has 2 heterocycles. The lowest BCUT2D eigenvalue weighted by molar-refractivity contribution is 0.0113. The predicted molar refractivity (Wildman–Crippen MR) is 76.1 cm³/mol. The van der Waals surface area contributed by atoms with Gasteiger partial charge in [0.1, 0.15) is 0 Å². The lowest BCUT2D eigenvalue weighted by atomic mass is 10.1. The first-order valence-electron chi connectivity index (χ1n) is 7.00. The fourth-order valence-corrected chi connectivity index (χ4v) is 3.98. The minimum absolute atomic E-state index is 0.496. The number of rotatable bonds is 4. The molecule has 2 aliphatic rings. The lowest BCUT2D eigenvalue weighted by Crippen LogP contribution is -2.28. The zero-order valence-electron chi connectivity index (χ0n) is 10.7. The van der Waals surface area contributed by atoms with E-state index in [-0.39, 0.29) is 0 Å². The van der Waals surface area contributed by atoms with Gasteiger partial charge >= 0.3 is 0 Å². The van der Waals surface area contributed by atoms with Crippen LogP contribution in [0.15, 0.2) is 29.2 Å². The molecule has 1 fully saturated rings. The van der Waals surface area contributed by atoms with E-state index in [2.05, 4.69) is 29.6 Å². The van der Waals surface area contributed by atoms with Crippen LogP contribution in [0.3, 0.4) is 0 Å². The third-order valence-corrected chi connectivity index (χ3v) is 5.01. The quantitative estimate of drug-likeness (QED) is 0.900. The van der Waals surface area contributed by atoms with Gasteiger partial charge in [-0.1, -0.05) is 18.2 Å². The van der Waals surface area contributed by atoms with Crippen molar-refractivity contribution < 1.29 is 4.74 Å². The van der Waals surface area contributed by atoms with Crippen molar-refractivity contribution >= 4 is 11.8 Å². The van der Waals surface area contributed by atoms with Crippen molar-refractivity contribution in [3.8, 4) is 0 Å². The van der Waals surface area contributed by atoms with Crippen molar-refractivity contribution in [2.75, 3.05) is 18.9 Å². The fraction of sp³-hybridized carbons (Fsp3) is 0.600. The van der Waals surface area contributed by atoms with Crippen molar-refractivity contribution in [1.82, 2.24) is 5.32 Å². The minimum atomic E-state index is 0.496. The predicted octanol–water partition coefficient (Wildman–Crippen LogP) is 3.38. The highest BCUT2D eigenvalue weighted by Gasteiger charge is 2.22. The molecule has 3 rings (SSSR count). The topological polar surface area (TPSA) is 21.3 Å². The van der Waals surface area contributed by atoms with E-state index < -0.39 is 0 Å². The average molecular weight is 263 g/mol. The molecule has 18 heavy (non-hydrogen) atoms. The Morgan fingerprint density at radius 3 is 3.11 bits per heavy atom. The van der Waals surface area contributed by atoms with Crippen LogP contribution in [0.1, 0.15) is 37.3 Å². The Morgan fingerprint density at radius 1 is 1.28 bits per heavy atom. The molecule has 1 saturated heterocycles. The van der Waals surface area contributed by atoms with Crippen LogP contribution >= 0.6 is 11.8 Å². The highest BCUT2D eigenvalue weighted by molar-refractivity contribution is 7.99. The summed E-state index contributed by atoms with van der Waals surface area (Å²) in [6, 6.07) is 9.29. The van der Waals surface area contributed by atoms with Gasteiger partial charge in [0.2, 0.25) is 0 Å². The number of hydrogen-bond donors (Lipinski definition) is 1. The monoisotopic (exact) mass is 263 g/mol. The maximum absolute atomic E-state index is 5.77. The molecule has 0 amide bonds. The summed E-state index contributed by atoms with van der Waals surface area (Å²) in [4.78, 5) is 1.45. The summed E-state index contributed by atoms with van der Waals surface area (Å²) in [5, 5.41) is 3.68. The van der Waals surface area contributed by atoms with Crippen molar-refractivity contribution in [2.45, 2.75) is 42.7 Å². The Morgan fingerprint density at radius 2 is 2.22 bits per heavy atom. The van der Waals surface area contributed by atoms with Gasteiger partial charge in [0, 0.05) is 23.3 Å². The van der Waals surface area contributed by atoms with Crippen molar-refractivity contribution in [3.63, 3.8) is 0 Å². The molecule has 0 aromatic heterocycles. The van der Waals surface area contributed by atoms with Crippen LogP contribution in [0.5, 0.6) is 0 Å². The number of fused-ring (bicyclic) bond motifs is 1. The molecule has 2 atom stereocenters. The van der Waals surface area contributed by atoms with Crippen LogP contribution in [0.4, 0.5) is 0 Å². The van der Waals surface area contributed by atoms with E-state index in [0.29, 0.717) is 12.1 Å². The summed E-state index contributed by atoms with van der Waals surface area (Å²) in [6.07, 6.45) is 5.49. The van der Waals surface area contributed by atoms with Gasteiger partial charge in [-0.25, -0.2) is 0 Å². The molecule has 98 valence electrons. The summed E-state index contributed by atoms with van der Waals surface area (Å²) in [5.74, 6) is 1.17. The van der Waals surface area contributed by atoms with E-state index in [1.807, 2.05) is 11.8 Å². The molecule has 2 unspecified atom stereocenters. The molecule has 1 N–H and O–H groups in total. The van der Waals surface area contributed by atoms with E-state index in [9.17, 15) is 0 Å². The van der Waals surface area contributed by atoms with Crippen molar-refractivity contribution in [1.29, 1.82) is 0 Å². The molecular weight excluding hydrogens is 242 g/mol. The van der Waals surface area contributed by atoms with Crippen LogP contribution in [-0.4, -0.2) is 25.0 Å². The second kappa shape index (κ2) is 6.09. The minimum Gasteiger partial charge on any atom is -0.378 e. The number of ether oxygens (including phenoxy) is 1. The second-order valence-corrected chi connectivity index (χ2v) is 6.19. The summed E-state index contributed by atoms with van der Waals surface area (Å²) in [6.45, 7) is 2.04. The van der Waals surface area contributed by atoms with Gasteiger partial charge in [-0.05, 0) is 43.9 Å². The van der Waals surface area contributed by atoms with Crippen LogP contribution in [0.25, 0.3) is 0 Å². The van der Waals surface area contributed by atoms with Crippen molar-refractivity contribution in [2.24, 2.45) is 0 Å². The highest BCUT2D eigenvalue weighted by atomic mass is 32.2. The van der Waals surface area contributed by atoms with E-state index in [1.165, 1.54) is 35.5 Å². The summed E-state index contributed by atoms with van der Waals surface area (Å²) in [7, 11) is 0. The Bertz CT molecular complexity index is 390. The van der Waals surface area contributed by atoms with Gasteiger partial charge in [-0.2, -0.15) is 0 Å². The molecule has 0 saturated carbocycles. The normalized spacial score (nSPS) is 27.1. The number of thioether (sulfide) groups is 1.